The fourth-order valence-electron chi connectivity index (χ4n) is 4.87. The fourth-order valence-corrected chi connectivity index (χ4v) is 4.87. The molecule has 1 atom stereocenters. The van der Waals surface area contributed by atoms with Crippen molar-refractivity contribution >= 4 is 23.2 Å². The second kappa shape index (κ2) is 8.97. The van der Waals surface area contributed by atoms with Crippen molar-refractivity contribution in [3.05, 3.63) is 24.3 Å². The zero-order chi connectivity index (χ0) is 19.3. The summed E-state index contributed by atoms with van der Waals surface area (Å²) in [5.74, 6) is -0.100. The highest BCUT2D eigenvalue weighted by atomic mass is 16.2. The maximum absolute atomic E-state index is 12.7. The lowest BCUT2D eigenvalue weighted by molar-refractivity contribution is -0.127. The number of carbonyl (C=O) groups excluding carboxylic acids is 2. The van der Waals surface area contributed by atoms with Gasteiger partial charge in [0.25, 0.3) is 0 Å². The molecule has 2 saturated heterocycles. The Morgan fingerprint density at radius 3 is 2.14 bits per heavy atom. The summed E-state index contributed by atoms with van der Waals surface area (Å²) >= 11 is 0. The van der Waals surface area contributed by atoms with Crippen molar-refractivity contribution in [2.45, 2.75) is 70.3 Å². The molecule has 1 aromatic rings. The minimum Gasteiger partial charge on any atom is -0.372 e. The number of piperidine rings is 1. The van der Waals surface area contributed by atoms with E-state index in [4.69, 9.17) is 0 Å². The molecular weight excluding hydrogens is 350 g/mol. The highest BCUT2D eigenvalue weighted by molar-refractivity contribution is 6.00. The van der Waals surface area contributed by atoms with Crippen LogP contribution in [0.4, 0.5) is 11.4 Å². The van der Waals surface area contributed by atoms with Gasteiger partial charge in [-0.2, -0.15) is 0 Å². The van der Waals surface area contributed by atoms with Crippen LogP contribution in [0.15, 0.2) is 24.3 Å². The van der Waals surface area contributed by atoms with E-state index in [0.717, 1.165) is 31.6 Å². The van der Waals surface area contributed by atoms with Crippen LogP contribution in [0.25, 0.3) is 0 Å². The molecule has 1 unspecified atom stereocenters. The van der Waals surface area contributed by atoms with Crippen LogP contribution in [0.2, 0.25) is 0 Å². The molecule has 0 bridgehead atoms. The van der Waals surface area contributed by atoms with Crippen LogP contribution in [0.3, 0.4) is 0 Å². The molecule has 152 valence electrons. The van der Waals surface area contributed by atoms with Gasteiger partial charge >= 0.3 is 0 Å². The van der Waals surface area contributed by atoms with Gasteiger partial charge in [-0.05, 0) is 56.4 Å². The molecule has 5 nitrogen and oxygen atoms in total. The Kier molecular flexibility index (Phi) is 6.18. The van der Waals surface area contributed by atoms with Crippen molar-refractivity contribution in [2.24, 2.45) is 5.92 Å². The number of nitrogens with zero attached hydrogens (tertiary/aromatic N) is 2. The molecule has 3 aliphatic rings. The lowest BCUT2D eigenvalue weighted by atomic mass is 10.0. The minimum absolute atomic E-state index is 0.0618. The van der Waals surface area contributed by atoms with E-state index in [-0.39, 0.29) is 17.7 Å². The third-order valence-electron chi connectivity index (χ3n) is 6.58. The van der Waals surface area contributed by atoms with Crippen molar-refractivity contribution in [3.63, 3.8) is 0 Å². The highest BCUT2D eigenvalue weighted by Gasteiger charge is 2.35. The van der Waals surface area contributed by atoms with E-state index >= 15 is 0 Å². The summed E-state index contributed by atoms with van der Waals surface area (Å²) in [7, 11) is 0. The molecule has 5 heteroatoms. The van der Waals surface area contributed by atoms with Gasteiger partial charge in [-0.25, -0.2) is 0 Å². The maximum Gasteiger partial charge on any atom is 0.227 e. The lowest BCUT2D eigenvalue weighted by Crippen LogP contribution is -2.39. The van der Waals surface area contributed by atoms with Gasteiger partial charge in [-0.1, -0.05) is 25.7 Å². The second-order valence-electron chi connectivity index (χ2n) is 8.67. The smallest absolute Gasteiger partial charge is 0.227 e. The van der Waals surface area contributed by atoms with Gasteiger partial charge in [0.15, 0.2) is 0 Å². The first-order valence-electron chi connectivity index (χ1n) is 11.2. The van der Waals surface area contributed by atoms with E-state index in [1.807, 2.05) is 12.1 Å². The molecule has 2 heterocycles. The number of hydrogen-bond donors (Lipinski definition) is 1. The summed E-state index contributed by atoms with van der Waals surface area (Å²) in [5, 5.41) is 3.22. The van der Waals surface area contributed by atoms with Crippen molar-refractivity contribution < 1.29 is 9.59 Å². The maximum atomic E-state index is 12.7. The summed E-state index contributed by atoms with van der Waals surface area (Å²) in [6.07, 6.45) is 11.3. The summed E-state index contributed by atoms with van der Waals surface area (Å²) in [5.41, 5.74) is 2.15. The summed E-state index contributed by atoms with van der Waals surface area (Å²) in [6.45, 7) is 2.73. The van der Waals surface area contributed by atoms with Crippen molar-refractivity contribution in [1.82, 2.24) is 5.32 Å². The van der Waals surface area contributed by atoms with Crippen molar-refractivity contribution in [1.29, 1.82) is 0 Å². The van der Waals surface area contributed by atoms with E-state index < -0.39 is 0 Å². The van der Waals surface area contributed by atoms with E-state index in [0.29, 0.717) is 19.0 Å². The SMILES string of the molecule is O=C(NC1CCCCCC1)C1CC(=O)N(c2ccc(N3CCCCC3)cc2)C1. The Balaban J connectivity index is 1.35. The average Bonchev–Trinajstić information content (AvgIpc) is 2.94. The topological polar surface area (TPSA) is 52.7 Å². The minimum atomic E-state index is -0.225. The first-order chi connectivity index (χ1) is 13.7. The molecule has 1 N–H and O–H groups in total. The number of benzene rings is 1. The van der Waals surface area contributed by atoms with Crippen LogP contribution < -0.4 is 15.1 Å². The van der Waals surface area contributed by atoms with E-state index in [9.17, 15) is 9.59 Å². The lowest BCUT2D eigenvalue weighted by Gasteiger charge is -2.29. The third kappa shape index (κ3) is 4.50. The third-order valence-corrected chi connectivity index (χ3v) is 6.58. The van der Waals surface area contributed by atoms with E-state index in [1.165, 1.54) is 50.6 Å². The fraction of sp³-hybridized carbons (Fsp3) is 0.652. The monoisotopic (exact) mass is 383 g/mol. The molecule has 1 aliphatic carbocycles. The average molecular weight is 384 g/mol. The van der Waals surface area contributed by atoms with Gasteiger partial charge in [0.2, 0.25) is 11.8 Å². The van der Waals surface area contributed by atoms with E-state index in [1.54, 1.807) is 4.90 Å². The van der Waals surface area contributed by atoms with Crippen LogP contribution in [0.5, 0.6) is 0 Å². The number of anilines is 2. The second-order valence-corrected chi connectivity index (χ2v) is 8.67. The van der Waals surface area contributed by atoms with Crippen LogP contribution in [0.1, 0.15) is 64.2 Å². The van der Waals surface area contributed by atoms with Crippen LogP contribution in [-0.4, -0.2) is 37.5 Å². The van der Waals surface area contributed by atoms with Gasteiger partial charge in [-0.3, -0.25) is 9.59 Å². The standard InChI is InChI=1S/C23H33N3O2/c27-22-16-18(23(28)24-19-8-4-1-2-5-9-19)17-26(22)21-12-10-20(11-13-21)25-14-6-3-7-15-25/h10-13,18-19H,1-9,14-17H2,(H,24,28). The molecule has 2 aliphatic heterocycles. The Hall–Kier alpha value is -2.04. The number of nitrogens with one attached hydrogen (secondary N) is 1. The quantitative estimate of drug-likeness (QED) is 0.803. The predicted molar refractivity (Wildman–Crippen MR) is 113 cm³/mol. The van der Waals surface area contributed by atoms with Gasteiger partial charge < -0.3 is 15.1 Å². The number of amides is 2. The number of carbonyl (C=O) groups is 2. The molecule has 0 aromatic heterocycles. The van der Waals surface area contributed by atoms with Crippen molar-refractivity contribution in [3.8, 4) is 0 Å². The van der Waals surface area contributed by atoms with Gasteiger partial charge in [0.1, 0.15) is 0 Å². The Labute approximate surface area is 168 Å². The zero-order valence-electron chi connectivity index (χ0n) is 16.9. The van der Waals surface area contributed by atoms with Crippen LogP contribution in [-0.2, 0) is 9.59 Å². The molecule has 3 fully saturated rings. The van der Waals surface area contributed by atoms with Crippen LogP contribution >= 0.6 is 0 Å². The summed E-state index contributed by atoms with van der Waals surface area (Å²) in [6, 6.07) is 8.60. The Morgan fingerprint density at radius 1 is 0.857 bits per heavy atom. The molecule has 0 spiro atoms. The first kappa shape index (κ1) is 19.3. The summed E-state index contributed by atoms with van der Waals surface area (Å²) in [4.78, 5) is 29.5. The van der Waals surface area contributed by atoms with Crippen molar-refractivity contribution in [2.75, 3.05) is 29.4 Å². The summed E-state index contributed by atoms with van der Waals surface area (Å²) < 4.78 is 0. The van der Waals surface area contributed by atoms with Gasteiger partial charge in [0.05, 0.1) is 5.92 Å². The molecule has 2 amide bonds. The Morgan fingerprint density at radius 2 is 1.46 bits per heavy atom. The Bertz CT molecular complexity index is 674. The van der Waals surface area contributed by atoms with Gasteiger partial charge in [0, 0.05) is 43.5 Å². The molecule has 4 rings (SSSR count). The molecular formula is C23H33N3O2. The van der Waals surface area contributed by atoms with E-state index in [2.05, 4.69) is 22.3 Å². The largest absolute Gasteiger partial charge is 0.372 e. The van der Waals surface area contributed by atoms with Gasteiger partial charge in [-0.15, -0.1) is 0 Å². The first-order valence-corrected chi connectivity index (χ1v) is 11.2. The number of rotatable bonds is 4. The molecule has 28 heavy (non-hydrogen) atoms. The highest BCUT2D eigenvalue weighted by Crippen LogP contribution is 2.29. The predicted octanol–water partition coefficient (Wildman–Crippen LogP) is 3.87. The molecule has 1 aromatic carbocycles. The molecule has 1 saturated carbocycles. The normalized spacial score (nSPS) is 24.3. The zero-order valence-corrected chi connectivity index (χ0v) is 16.9. The molecule has 0 radical (unpaired) electrons. The number of hydrogen-bond acceptors (Lipinski definition) is 3. The van der Waals surface area contributed by atoms with Crippen LogP contribution in [0, 0.1) is 5.92 Å².